The molecule has 2 aromatic rings. The van der Waals surface area contributed by atoms with Crippen molar-refractivity contribution in [2.75, 3.05) is 14.2 Å². The first kappa shape index (κ1) is 9.98. The zero-order valence-electron chi connectivity index (χ0n) is 9.16. The van der Waals surface area contributed by atoms with Crippen molar-refractivity contribution < 1.29 is 4.74 Å². The van der Waals surface area contributed by atoms with E-state index >= 15 is 0 Å². The summed E-state index contributed by atoms with van der Waals surface area (Å²) in [5.74, 6) is 0.860. The maximum absolute atomic E-state index is 5.33. The van der Waals surface area contributed by atoms with Crippen molar-refractivity contribution in [2.24, 2.45) is 0 Å². The molecule has 1 unspecified atom stereocenters. The van der Waals surface area contributed by atoms with E-state index in [1.165, 1.54) is 0 Å². The van der Waals surface area contributed by atoms with Crippen LogP contribution in [0.4, 0.5) is 0 Å². The van der Waals surface area contributed by atoms with Crippen molar-refractivity contribution in [1.82, 2.24) is 15.5 Å². The number of nitrogens with one attached hydrogen (secondary N) is 2. The summed E-state index contributed by atoms with van der Waals surface area (Å²) in [4.78, 5) is 0. The number of ether oxygens (including phenoxy) is 1. The fourth-order valence-electron chi connectivity index (χ4n) is 1.69. The summed E-state index contributed by atoms with van der Waals surface area (Å²) in [6.45, 7) is 2.08. The second kappa shape index (κ2) is 3.90. The number of aromatic amines is 1. The smallest absolute Gasteiger partial charge is 0.130 e. The third-order valence-corrected chi connectivity index (χ3v) is 2.66. The molecular weight excluding hydrogens is 190 g/mol. The zero-order chi connectivity index (χ0) is 10.8. The first-order valence-electron chi connectivity index (χ1n) is 4.96. The number of nitrogens with zero attached hydrogens (tertiary/aromatic N) is 1. The largest absolute Gasteiger partial charge is 0.496 e. The van der Waals surface area contributed by atoms with Gasteiger partial charge in [0, 0.05) is 6.04 Å². The lowest BCUT2D eigenvalue weighted by molar-refractivity contribution is 0.419. The van der Waals surface area contributed by atoms with Gasteiger partial charge in [0.05, 0.1) is 23.7 Å². The van der Waals surface area contributed by atoms with Crippen LogP contribution in [0.3, 0.4) is 0 Å². The molecule has 0 aliphatic rings. The Morgan fingerprint density at radius 3 is 2.93 bits per heavy atom. The number of H-pyrrole nitrogens is 1. The Hall–Kier alpha value is -1.55. The first-order chi connectivity index (χ1) is 7.27. The van der Waals surface area contributed by atoms with Gasteiger partial charge in [0.25, 0.3) is 0 Å². The fraction of sp³-hybridized carbons (Fsp3) is 0.364. The SMILES string of the molecule is CNC(C)c1[nH]nc2cccc(OC)c12. The Morgan fingerprint density at radius 2 is 2.27 bits per heavy atom. The minimum Gasteiger partial charge on any atom is -0.496 e. The lowest BCUT2D eigenvalue weighted by Gasteiger charge is -2.09. The molecule has 0 spiro atoms. The van der Waals surface area contributed by atoms with Gasteiger partial charge in [-0.25, -0.2) is 0 Å². The standard InChI is InChI=1S/C11H15N3O/c1-7(12-2)11-10-8(13-14-11)5-4-6-9(10)15-3/h4-7,12H,1-3H3,(H,13,14). The molecule has 0 amide bonds. The molecule has 0 radical (unpaired) electrons. The van der Waals surface area contributed by atoms with Gasteiger partial charge in [0.1, 0.15) is 5.75 Å². The number of rotatable bonds is 3. The molecule has 0 aliphatic carbocycles. The lowest BCUT2D eigenvalue weighted by atomic mass is 10.1. The number of aromatic nitrogens is 2. The monoisotopic (exact) mass is 205 g/mol. The quantitative estimate of drug-likeness (QED) is 0.804. The highest BCUT2D eigenvalue weighted by Crippen LogP contribution is 2.29. The molecule has 2 N–H and O–H groups in total. The van der Waals surface area contributed by atoms with Crippen LogP contribution < -0.4 is 10.1 Å². The van der Waals surface area contributed by atoms with Crippen molar-refractivity contribution >= 4 is 10.9 Å². The summed E-state index contributed by atoms with van der Waals surface area (Å²) >= 11 is 0. The topological polar surface area (TPSA) is 49.9 Å². The van der Waals surface area contributed by atoms with Crippen molar-refractivity contribution in [3.8, 4) is 5.75 Å². The minimum atomic E-state index is 0.228. The van der Waals surface area contributed by atoms with Crippen molar-refractivity contribution in [3.05, 3.63) is 23.9 Å². The Morgan fingerprint density at radius 1 is 1.47 bits per heavy atom. The number of hydrogen-bond donors (Lipinski definition) is 2. The fourth-order valence-corrected chi connectivity index (χ4v) is 1.69. The molecule has 1 atom stereocenters. The summed E-state index contributed by atoms with van der Waals surface area (Å²) in [6, 6.07) is 6.09. The maximum Gasteiger partial charge on any atom is 0.130 e. The number of fused-ring (bicyclic) bond motifs is 1. The van der Waals surface area contributed by atoms with Gasteiger partial charge in [-0.05, 0) is 26.1 Å². The summed E-state index contributed by atoms with van der Waals surface area (Å²) in [6.07, 6.45) is 0. The molecule has 0 fully saturated rings. The van der Waals surface area contributed by atoms with E-state index in [0.29, 0.717) is 0 Å². The Balaban J connectivity index is 2.65. The van der Waals surface area contributed by atoms with E-state index in [2.05, 4.69) is 22.4 Å². The van der Waals surface area contributed by atoms with Gasteiger partial charge in [0.2, 0.25) is 0 Å². The molecule has 2 rings (SSSR count). The highest BCUT2D eigenvalue weighted by molar-refractivity contribution is 5.88. The van der Waals surface area contributed by atoms with Crippen LogP contribution >= 0.6 is 0 Å². The van der Waals surface area contributed by atoms with Crippen LogP contribution in [0.1, 0.15) is 18.7 Å². The van der Waals surface area contributed by atoms with E-state index in [0.717, 1.165) is 22.3 Å². The van der Waals surface area contributed by atoms with E-state index < -0.39 is 0 Å². The van der Waals surface area contributed by atoms with Gasteiger partial charge < -0.3 is 10.1 Å². The highest BCUT2D eigenvalue weighted by atomic mass is 16.5. The molecule has 0 saturated heterocycles. The summed E-state index contributed by atoms with van der Waals surface area (Å²) in [5.41, 5.74) is 2.00. The molecule has 1 heterocycles. The Bertz CT molecular complexity index is 464. The van der Waals surface area contributed by atoms with Gasteiger partial charge in [-0.3, -0.25) is 5.10 Å². The number of hydrogen-bond acceptors (Lipinski definition) is 3. The van der Waals surface area contributed by atoms with Gasteiger partial charge in [0.15, 0.2) is 0 Å². The van der Waals surface area contributed by atoms with E-state index in [9.17, 15) is 0 Å². The van der Waals surface area contributed by atoms with E-state index in [1.807, 2.05) is 25.2 Å². The first-order valence-corrected chi connectivity index (χ1v) is 4.96. The van der Waals surface area contributed by atoms with Crippen LogP contribution in [0, 0.1) is 0 Å². The highest BCUT2D eigenvalue weighted by Gasteiger charge is 2.14. The molecular formula is C11H15N3O. The van der Waals surface area contributed by atoms with Crippen LogP contribution in [0.25, 0.3) is 10.9 Å². The summed E-state index contributed by atoms with van der Waals surface area (Å²) in [5, 5.41) is 11.5. The van der Waals surface area contributed by atoms with Crippen LogP contribution in [0.2, 0.25) is 0 Å². The van der Waals surface area contributed by atoms with Gasteiger partial charge in [-0.15, -0.1) is 0 Å². The Labute approximate surface area is 88.6 Å². The van der Waals surface area contributed by atoms with Gasteiger partial charge in [-0.2, -0.15) is 5.10 Å². The second-order valence-corrected chi connectivity index (χ2v) is 3.50. The molecule has 0 aliphatic heterocycles. The zero-order valence-corrected chi connectivity index (χ0v) is 9.16. The van der Waals surface area contributed by atoms with Crippen LogP contribution in [-0.2, 0) is 0 Å². The van der Waals surface area contributed by atoms with Gasteiger partial charge in [-0.1, -0.05) is 6.07 Å². The molecule has 4 nitrogen and oxygen atoms in total. The average molecular weight is 205 g/mol. The second-order valence-electron chi connectivity index (χ2n) is 3.50. The normalized spacial score (nSPS) is 13.0. The molecule has 15 heavy (non-hydrogen) atoms. The van der Waals surface area contributed by atoms with Crippen molar-refractivity contribution in [3.63, 3.8) is 0 Å². The third kappa shape index (κ3) is 1.57. The lowest BCUT2D eigenvalue weighted by Crippen LogP contribution is -2.13. The molecule has 1 aromatic heterocycles. The predicted molar refractivity (Wildman–Crippen MR) is 60.1 cm³/mol. The van der Waals surface area contributed by atoms with Crippen molar-refractivity contribution in [2.45, 2.75) is 13.0 Å². The van der Waals surface area contributed by atoms with Crippen LogP contribution in [0.5, 0.6) is 5.75 Å². The van der Waals surface area contributed by atoms with Crippen LogP contribution in [-0.4, -0.2) is 24.4 Å². The van der Waals surface area contributed by atoms with Crippen LogP contribution in [0.15, 0.2) is 18.2 Å². The Kier molecular flexibility index (Phi) is 2.60. The number of methoxy groups -OCH3 is 1. The molecule has 80 valence electrons. The molecule has 4 heteroatoms. The predicted octanol–water partition coefficient (Wildman–Crippen LogP) is 1.85. The molecule has 1 aromatic carbocycles. The molecule has 0 saturated carbocycles. The maximum atomic E-state index is 5.33. The van der Waals surface area contributed by atoms with E-state index in [1.54, 1.807) is 7.11 Å². The molecule has 0 bridgehead atoms. The van der Waals surface area contributed by atoms with Crippen molar-refractivity contribution in [1.29, 1.82) is 0 Å². The van der Waals surface area contributed by atoms with E-state index in [4.69, 9.17) is 4.74 Å². The minimum absolute atomic E-state index is 0.228. The van der Waals surface area contributed by atoms with E-state index in [-0.39, 0.29) is 6.04 Å². The average Bonchev–Trinajstić information content (AvgIpc) is 2.71. The number of benzene rings is 1. The summed E-state index contributed by atoms with van der Waals surface area (Å²) < 4.78 is 5.33. The third-order valence-electron chi connectivity index (χ3n) is 2.66. The van der Waals surface area contributed by atoms with Gasteiger partial charge >= 0.3 is 0 Å². The summed E-state index contributed by atoms with van der Waals surface area (Å²) in [7, 11) is 3.60.